The van der Waals surface area contributed by atoms with Crippen LogP contribution in [0.15, 0.2) is 36.4 Å². The Kier molecular flexibility index (Phi) is 6.04. The number of carbonyl (C=O) groups excluding carboxylic acids is 3. The van der Waals surface area contributed by atoms with E-state index in [0.29, 0.717) is 40.9 Å². The van der Waals surface area contributed by atoms with Crippen LogP contribution in [0.5, 0.6) is 0 Å². The zero-order valence-corrected chi connectivity index (χ0v) is 18.6. The lowest BCUT2D eigenvalue weighted by atomic mass is 10.0. The van der Waals surface area contributed by atoms with E-state index >= 15 is 0 Å². The Labute approximate surface area is 188 Å². The lowest BCUT2D eigenvalue weighted by Gasteiger charge is -2.17. The predicted molar refractivity (Wildman–Crippen MR) is 120 cm³/mol. The molecule has 0 spiro atoms. The molecular weight excluding hydrogens is 438 g/mol. The summed E-state index contributed by atoms with van der Waals surface area (Å²) < 4.78 is 5.92. The Bertz CT molecular complexity index is 1190. The summed E-state index contributed by atoms with van der Waals surface area (Å²) in [4.78, 5) is 45.9. The second kappa shape index (κ2) is 8.74. The molecule has 160 valence electrons. The molecule has 0 radical (unpaired) electrons. The summed E-state index contributed by atoms with van der Waals surface area (Å²) in [7, 11) is 1.57. The topological polar surface area (TPSA) is 79.8 Å². The van der Waals surface area contributed by atoms with Gasteiger partial charge in [0.05, 0.1) is 21.3 Å². The highest BCUT2D eigenvalue weighted by molar-refractivity contribution is 7.22. The number of thiazole rings is 1. The molecule has 2 aromatic carbocycles. The fourth-order valence-corrected chi connectivity index (χ4v) is 4.69. The second-order valence-electron chi connectivity index (χ2n) is 7.03. The quantitative estimate of drug-likeness (QED) is 0.391. The van der Waals surface area contributed by atoms with Crippen molar-refractivity contribution in [3.8, 4) is 0 Å². The molecule has 0 saturated heterocycles. The van der Waals surface area contributed by atoms with Crippen molar-refractivity contribution in [2.75, 3.05) is 31.7 Å². The van der Waals surface area contributed by atoms with Crippen molar-refractivity contribution in [1.29, 1.82) is 0 Å². The van der Waals surface area contributed by atoms with Gasteiger partial charge in [-0.2, -0.15) is 0 Å². The van der Waals surface area contributed by atoms with Crippen molar-refractivity contribution in [2.24, 2.45) is 0 Å². The maximum absolute atomic E-state index is 13.2. The lowest BCUT2D eigenvalue weighted by Crippen LogP contribution is -2.31. The summed E-state index contributed by atoms with van der Waals surface area (Å²) in [6, 6.07) is 10.0. The van der Waals surface area contributed by atoms with Crippen molar-refractivity contribution in [3.05, 3.63) is 58.1 Å². The highest BCUT2D eigenvalue weighted by Crippen LogP contribution is 2.32. The number of halogens is 1. The van der Waals surface area contributed by atoms with Gasteiger partial charge in [-0.1, -0.05) is 22.9 Å². The third-order valence-electron chi connectivity index (χ3n) is 5.08. The van der Waals surface area contributed by atoms with Crippen molar-refractivity contribution in [1.82, 2.24) is 9.88 Å². The van der Waals surface area contributed by atoms with Crippen molar-refractivity contribution < 1.29 is 19.1 Å². The summed E-state index contributed by atoms with van der Waals surface area (Å²) in [5.41, 5.74) is 1.62. The lowest BCUT2D eigenvalue weighted by molar-refractivity contribution is 0.0638. The number of hydrogen-bond acceptors (Lipinski definition) is 6. The van der Waals surface area contributed by atoms with Gasteiger partial charge in [0, 0.05) is 37.4 Å². The molecule has 0 unspecified atom stereocenters. The number of fused-ring (bicyclic) bond motifs is 2. The van der Waals surface area contributed by atoms with Gasteiger partial charge in [0.15, 0.2) is 5.13 Å². The van der Waals surface area contributed by atoms with Crippen LogP contribution in [0.2, 0.25) is 5.02 Å². The smallest absolute Gasteiger partial charge is 0.261 e. The number of benzene rings is 2. The zero-order valence-electron chi connectivity index (χ0n) is 17.1. The minimum atomic E-state index is -0.386. The fourth-order valence-electron chi connectivity index (χ4n) is 3.52. The molecule has 0 saturated carbocycles. The van der Waals surface area contributed by atoms with Crippen molar-refractivity contribution in [2.45, 2.75) is 13.3 Å². The van der Waals surface area contributed by atoms with Crippen LogP contribution in [0.4, 0.5) is 5.13 Å². The molecule has 0 fully saturated rings. The normalized spacial score (nSPS) is 13.2. The van der Waals surface area contributed by atoms with Gasteiger partial charge in [-0.3, -0.25) is 24.2 Å². The van der Waals surface area contributed by atoms with E-state index in [4.69, 9.17) is 16.3 Å². The monoisotopic (exact) mass is 457 g/mol. The molecule has 2 heterocycles. The minimum absolute atomic E-state index is 0.250. The first-order chi connectivity index (χ1) is 14.9. The summed E-state index contributed by atoms with van der Waals surface area (Å²) in [5.74, 6) is -1.01. The van der Waals surface area contributed by atoms with Gasteiger partial charge < -0.3 is 4.74 Å². The predicted octanol–water partition coefficient (Wildman–Crippen LogP) is 4.25. The maximum Gasteiger partial charge on any atom is 0.261 e. The number of aromatic nitrogens is 1. The molecular formula is C22H20ClN3O4S. The number of carbonyl (C=O) groups is 3. The Morgan fingerprint density at radius 2 is 1.94 bits per heavy atom. The van der Waals surface area contributed by atoms with E-state index in [9.17, 15) is 14.4 Å². The highest BCUT2D eigenvalue weighted by Gasteiger charge is 2.36. The highest BCUT2D eigenvalue weighted by atomic mass is 35.5. The molecule has 0 atom stereocenters. The maximum atomic E-state index is 13.2. The molecule has 7 nitrogen and oxygen atoms in total. The largest absolute Gasteiger partial charge is 0.385 e. The number of rotatable bonds is 7. The molecule has 3 aromatic rings. The molecule has 0 aliphatic carbocycles. The van der Waals surface area contributed by atoms with Gasteiger partial charge in [-0.05, 0) is 49.7 Å². The molecule has 3 amide bonds. The Morgan fingerprint density at radius 3 is 2.68 bits per heavy atom. The van der Waals surface area contributed by atoms with Gasteiger partial charge in [-0.15, -0.1) is 0 Å². The number of amides is 3. The molecule has 1 aliphatic rings. The molecule has 0 bridgehead atoms. The van der Waals surface area contributed by atoms with Crippen molar-refractivity contribution >= 4 is 56.0 Å². The fraction of sp³-hybridized carbons (Fsp3) is 0.273. The summed E-state index contributed by atoms with van der Waals surface area (Å²) in [6.45, 7) is 2.99. The van der Waals surface area contributed by atoms with Crippen LogP contribution in [0.3, 0.4) is 0 Å². The number of hydrogen-bond donors (Lipinski definition) is 0. The standard InChI is InChI=1S/C22H20ClN3O4S/c1-3-25(22-24-17-12-14(23)6-8-18(17)31-22)19(27)13-5-7-15-16(11-13)21(29)26(20(15)28)9-4-10-30-2/h5-8,11-12H,3-4,9-10H2,1-2H3. The van der Waals surface area contributed by atoms with Crippen LogP contribution < -0.4 is 4.90 Å². The first-order valence-electron chi connectivity index (χ1n) is 9.81. The van der Waals surface area contributed by atoms with E-state index in [-0.39, 0.29) is 29.8 Å². The van der Waals surface area contributed by atoms with E-state index in [1.165, 1.54) is 22.3 Å². The van der Waals surface area contributed by atoms with Crippen LogP contribution in [-0.2, 0) is 4.74 Å². The average molecular weight is 458 g/mol. The van der Waals surface area contributed by atoms with E-state index in [2.05, 4.69) is 4.98 Å². The van der Waals surface area contributed by atoms with Gasteiger partial charge in [0.2, 0.25) is 0 Å². The van der Waals surface area contributed by atoms with Crippen LogP contribution >= 0.6 is 22.9 Å². The van der Waals surface area contributed by atoms with E-state index < -0.39 is 0 Å². The number of methoxy groups -OCH3 is 1. The third kappa shape index (κ3) is 3.94. The Balaban J connectivity index is 1.62. The number of ether oxygens (including phenoxy) is 1. The molecule has 4 rings (SSSR count). The summed E-state index contributed by atoms with van der Waals surface area (Å²) in [5, 5.41) is 1.13. The molecule has 31 heavy (non-hydrogen) atoms. The zero-order chi connectivity index (χ0) is 22.1. The second-order valence-corrected chi connectivity index (χ2v) is 8.47. The average Bonchev–Trinajstić information content (AvgIpc) is 3.28. The van der Waals surface area contributed by atoms with Crippen LogP contribution in [-0.4, -0.2) is 54.4 Å². The molecule has 1 aromatic heterocycles. The van der Waals surface area contributed by atoms with E-state index in [1.54, 1.807) is 36.3 Å². The van der Waals surface area contributed by atoms with Crippen molar-refractivity contribution in [3.63, 3.8) is 0 Å². The number of anilines is 1. The van der Waals surface area contributed by atoms with Gasteiger partial charge >= 0.3 is 0 Å². The summed E-state index contributed by atoms with van der Waals surface area (Å²) >= 11 is 7.44. The first kappa shape index (κ1) is 21.4. The van der Waals surface area contributed by atoms with Crippen LogP contribution in [0.25, 0.3) is 10.2 Å². The first-order valence-corrected chi connectivity index (χ1v) is 11.0. The third-order valence-corrected chi connectivity index (χ3v) is 6.37. The van der Waals surface area contributed by atoms with Crippen LogP contribution in [0.1, 0.15) is 44.4 Å². The van der Waals surface area contributed by atoms with E-state index in [1.807, 2.05) is 13.0 Å². The van der Waals surface area contributed by atoms with Gasteiger partial charge in [-0.25, -0.2) is 4.98 Å². The van der Waals surface area contributed by atoms with Gasteiger partial charge in [0.25, 0.3) is 17.7 Å². The summed E-state index contributed by atoms with van der Waals surface area (Å²) in [6.07, 6.45) is 0.555. The number of nitrogens with zero attached hydrogens (tertiary/aromatic N) is 3. The molecule has 0 N–H and O–H groups in total. The minimum Gasteiger partial charge on any atom is -0.385 e. The number of imide groups is 1. The molecule has 1 aliphatic heterocycles. The van der Waals surface area contributed by atoms with Gasteiger partial charge in [0.1, 0.15) is 0 Å². The Hall–Kier alpha value is -2.81. The van der Waals surface area contributed by atoms with E-state index in [0.717, 1.165) is 10.2 Å². The SMILES string of the molecule is CCN(C(=O)c1ccc2c(c1)C(=O)N(CCCOC)C2=O)c1nc2cc(Cl)ccc2s1. The van der Waals surface area contributed by atoms with Crippen LogP contribution in [0, 0.1) is 0 Å². The molecule has 9 heteroatoms. The Morgan fingerprint density at radius 1 is 1.16 bits per heavy atom.